The van der Waals surface area contributed by atoms with Crippen molar-refractivity contribution < 1.29 is 17.9 Å². The van der Waals surface area contributed by atoms with Crippen molar-refractivity contribution in [3.8, 4) is 11.4 Å². The minimum atomic E-state index is -4.35. The standard InChI is InChI=1S/C18H13F3N4O2S/c1-27-12-6-4-5-11(9-12)24-15(26)13-7-2-3-8-14(13)25-16(24)22-23-17(25)28-10-18(19,20)21/h2-9H,10H2,1H3. The van der Waals surface area contributed by atoms with Crippen molar-refractivity contribution in [1.82, 2.24) is 19.2 Å². The molecule has 2 heterocycles. The second kappa shape index (κ2) is 6.86. The number of aromatic nitrogens is 4. The molecule has 0 atom stereocenters. The van der Waals surface area contributed by atoms with E-state index < -0.39 is 11.9 Å². The SMILES string of the molecule is COc1cccc(-n2c(=O)c3ccccc3n3c(SCC(F)(F)F)nnc23)c1. The quantitative estimate of drug-likeness (QED) is 0.484. The highest BCUT2D eigenvalue weighted by molar-refractivity contribution is 7.99. The van der Waals surface area contributed by atoms with Gasteiger partial charge in [-0.15, -0.1) is 10.2 Å². The molecule has 2 aromatic carbocycles. The van der Waals surface area contributed by atoms with E-state index in [1.807, 2.05) is 0 Å². The van der Waals surface area contributed by atoms with Gasteiger partial charge in [-0.05, 0) is 24.3 Å². The molecule has 144 valence electrons. The van der Waals surface area contributed by atoms with Gasteiger partial charge in [0.15, 0.2) is 5.16 Å². The first-order valence-electron chi connectivity index (χ1n) is 8.12. The number of para-hydroxylation sites is 1. The molecule has 0 bridgehead atoms. The molecule has 0 spiro atoms. The highest BCUT2D eigenvalue weighted by atomic mass is 32.2. The molecule has 0 radical (unpaired) electrons. The van der Waals surface area contributed by atoms with E-state index in [1.165, 1.54) is 16.1 Å². The zero-order chi connectivity index (χ0) is 19.9. The monoisotopic (exact) mass is 406 g/mol. The summed E-state index contributed by atoms with van der Waals surface area (Å²) >= 11 is 0.520. The van der Waals surface area contributed by atoms with Gasteiger partial charge in [-0.25, -0.2) is 4.57 Å². The van der Waals surface area contributed by atoms with Crippen molar-refractivity contribution >= 4 is 28.4 Å². The topological polar surface area (TPSA) is 61.4 Å². The van der Waals surface area contributed by atoms with E-state index in [0.29, 0.717) is 34.1 Å². The Balaban J connectivity index is 2.03. The Labute approximate surface area is 160 Å². The van der Waals surface area contributed by atoms with Gasteiger partial charge in [0.2, 0.25) is 5.78 Å². The van der Waals surface area contributed by atoms with Crippen LogP contribution in [0, 0.1) is 0 Å². The molecule has 0 unspecified atom stereocenters. The van der Waals surface area contributed by atoms with Crippen LogP contribution >= 0.6 is 11.8 Å². The maximum Gasteiger partial charge on any atom is 0.398 e. The third kappa shape index (κ3) is 3.19. The van der Waals surface area contributed by atoms with Crippen LogP contribution in [0.25, 0.3) is 22.4 Å². The molecule has 4 rings (SSSR count). The number of rotatable bonds is 4. The Hall–Kier alpha value is -3.01. The molecule has 0 aliphatic carbocycles. The lowest BCUT2D eigenvalue weighted by molar-refractivity contribution is -0.105. The molecular weight excluding hydrogens is 393 g/mol. The minimum Gasteiger partial charge on any atom is -0.497 e. The second-order valence-corrected chi connectivity index (χ2v) is 6.82. The van der Waals surface area contributed by atoms with Gasteiger partial charge < -0.3 is 4.74 Å². The van der Waals surface area contributed by atoms with Crippen molar-refractivity contribution in [3.05, 3.63) is 58.9 Å². The van der Waals surface area contributed by atoms with Gasteiger partial charge in [0.1, 0.15) is 5.75 Å². The Morgan fingerprint density at radius 3 is 2.64 bits per heavy atom. The molecule has 0 aliphatic rings. The number of methoxy groups -OCH3 is 1. The van der Waals surface area contributed by atoms with Crippen molar-refractivity contribution in [2.45, 2.75) is 11.3 Å². The van der Waals surface area contributed by atoms with Gasteiger partial charge in [-0.2, -0.15) is 13.2 Å². The molecule has 4 aromatic rings. The molecule has 0 saturated carbocycles. The van der Waals surface area contributed by atoms with E-state index >= 15 is 0 Å². The third-order valence-electron chi connectivity index (χ3n) is 4.07. The predicted octanol–water partition coefficient (Wildman–Crippen LogP) is 3.70. The summed E-state index contributed by atoms with van der Waals surface area (Å²) in [6.45, 7) is 0. The van der Waals surface area contributed by atoms with E-state index in [-0.39, 0.29) is 16.5 Å². The van der Waals surface area contributed by atoms with E-state index in [0.717, 1.165) is 0 Å². The summed E-state index contributed by atoms with van der Waals surface area (Å²) in [4.78, 5) is 13.1. The van der Waals surface area contributed by atoms with Crippen LogP contribution in [0.1, 0.15) is 0 Å². The summed E-state index contributed by atoms with van der Waals surface area (Å²) in [5.74, 6) is -0.455. The maximum atomic E-state index is 13.1. The number of thioether (sulfide) groups is 1. The number of nitrogens with zero attached hydrogens (tertiary/aromatic N) is 4. The summed E-state index contributed by atoms with van der Waals surface area (Å²) in [6.07, 6.45) is -4.35. The molecule has 28 heavy (non-hydrogen) atoms. The predicted molar refractivity (Wildman–Crippen MR) is 99.4 cm³/mol. The Bertz CT molecular complexity index is 1230. The number of alkyl halides is 3. The second-order valence-electron chi connectivity index (χ2n) is 5.88. The van der Waals surface area contributed by atoms with Gasteiger partial charge >= 0.3 is 6.18 Å². The van der Waals surface area contributed by atoms with E-state index in [2.05, 4.69) is 10.2 Å². The maximum absolute atomic E-state index is 13.1. The first kappa shape index (κ1) is 18.4. The smallest absolute Gasteiger partial charge is 0.398 e. The Morgan fingerprint density at radius 2 is 1.89 bits per heavy atom. The summed E-state index contributed by atoms with van der Waals surface area (Å²) in [5.41, 5.74) is 0.562. The zero-order valence-corrected chi connectivity index (χ0v) is 15.3. The fourth-order valence-electron chi connectivity index (χ4n) is 2.90. The average Bonchev–Trinajstić information content (AvgIpc) is 3.10. The van der Waals surface area contributed by atoms with Crippen molar-refractivity contribution in [2.75, 3.05) is 12.9 Å². The average molecular weight is 406 g/mol. The first-order chi connectivity index (χ1) is 13.4. The fourth-order valence-corrected chi connectivity index (χ4v) is 3.60. The highest BCUT2D eigenvalue weighted by Gasteiger charge is 2.29. The van der Waals surface area contributed by atoms with Gasteiger partial charge in [0, 0.05) is 6.07 Å². The molecule has 0 aliphatic heterocycles. The summed E-state index contributed by atoms with van der Waals surface area (Å²) in [6, 6.07) is 13.4. The van der Waals surface area contributed by atoms with Crippen LogP contribution < -0.4 is 10.3 Å². The summed E-state index contributed by atoms with van der Waals surface area (Å²) in [7, 11) is 1.50. The van der Waals surface area contributed by atoms with Gasteiger partial charge in [-0.3, -0.25) is 9.20 Å². The van der Waals surface area contributed by atoms with E-state index in [1.54, 1.807) is 48.5 Å². The lowest BCUT2D eigenvalue weighted by Crippen LogP contribution is -2.22. The van der Waals surface area contributed by atoms with Crippen LogP contribution in [0.5, 0.6) is 5.75 Å². The summed E-state index contributed by atoms with van der Waals surface area (Å²) in [5, 5.41) is 8.31. The number of hydrogen-bond acceptors (Lipinski definition) is 5. The lowest BCUT2D eigenvalue weighted by Gasteiger charge is -2.12. The van der Waals surface area contributed by atoms with Crippen LogP contribution in [0.3, 0.4) is 0 Å². The van der Waals surface area contributed by atoms with Crippen molar-refractivity contribution in [3.63, 3.8) is 0 Å². The van der Waals surface area contributed by atoms with Gasteiger partial charge in [0.25, 0.3) is 5.56 Å². The highest BCUT2D eigenvalue weighted by Crippen LogP contribution is 2.28. The van der Waals surface area contributed by atoms with Crippen LogP contribution in [-0.4, -0.2) is 38.2 Å². The molecule has 2 aromatic heterocycles. The summed E-state index contributed by atoms with van der Waals surface area (Å²) < 4.78 is 46.1. The number of halogens is 3. The third-order valence-corrected chi connectivity index (χ3v) is 5.07. The van der Waals surface area contributed by atoms with Gasteiger partial charge in [0.05, 0.1) is 29.5 Å². The van der Waals surface area contributed by atoms with Crippen LogP contribution in [0.2, 0.25) is 0 Å². The van der Waals surface area contributed by atoms with Crippen LogP contribution in [-0.2, 0) is 0 Å². The molecule has 0 amide bonds. The molecule has 10 heteroatoms. The Kier molecular flexibility index (Phi) is 4.50. The van der Waals surface area contributed by atoms with Crippen molar-refractivity contribution in [1.29, 1.82) is 0 Å². The number of benzene rings is 2. The van der Waals surface area contributed by atoms with Gasteiger partial charge in [-0.1, -0.05) is 30.0 Å². The first-order valence-corrected chi connectivity index (χ1v) is 9.10. The van der Waals surface area contributed by atoms with E-state index in [9.17, 15) is 18.0 Å². The van der Waals surface area contributed by atoms with E-state index in [4.69, 9.17) is 4.74 Å². The normalized spacial score (nSPS) is 12.0. The van der Waals surface area contributed by atoms with Crippen molar-refractivity contribution in [2.24, 2.45) is 0 Å². The fraction of sp³-hybridized carbons (Fsp3) is 0.167. The zero-order valence-electron chi connectivity index (χ0n) is 14.5. The molecule has 6 nitrogen and oxygen atoms in total. The number of ether oxygens (including phenoxy) is 1. The van der Waals surface area contributed by atoms with Crippen LogP contribution in [0.15, 0.2) is 58.5 Å². The Morgan fingerprint density at radius 1 is 1.11 bits per heavy atom. The number of hydrogen-bond donors (Lipinski definition) is 0. The molecule has 0 N–H and O–H groups in total. The minimum absolute atomic E-state index is 0.0557. The lowest BCUT2D eigenvalue weighted by atomic mass is 10.2. The largest absolute Gasteiger partial charge is 0.497 e. The number of fused-ring (bicyclic) bond motifs is 3. The molecular formula is C18H13F3N4O2S. The van der Waals surface area contributed by atoms with Crippen LogP contribution in [0.4, 0.5) is 13.2 Å². The molecule has 0 saturated heterocycles. The molecule has 0 fully saturated rings.